The van der Waals surface area contributed by atoms with Gasteiger partial charge in [-0.05, 0) is 25.5 Å². The van der Waals surface area contributed by atoms with E-state index in [0.717, 1.165) is 18.7 Å². The predicted octanol–water partition coefficient (Wildman–Crippen LogP) is 1.94. The lowest BCUT2D eigenvalue weighted by Crippen LogP contribution is -2.62. The first-order valence-corrected chi connectivity index (χ1v) is 11.1. The summed E-state index contributed by atoms with van der Waals surface area (Å²) in [6.45, 7) is 5.70. The number of carbonyl (C=O) groups is 1. The van der Waals surface area contributed by atoms with Crippen LogP contribution in [0.2, 0.25) is 0 Å². The molecule has 28 heavy (non-hydrogen) atoms. The van der Waals surface area contributed by atoms with E-state index in [1.165, 1.54) is 0 Å². The normalized spacial score (nSPS) is 19.9. The summed E-state index contributed by atoms with van der Waals surface area (Å²) in [7, 11) is -3.58. The van der Waals surface area contributed by atoms with Crippen molar-refractivity contribution in [3.63, 3.8) is 0 Å². The molecule has 0 unspecified atom stereocenters. The summed E-state index contributed by atoms with van der Waals surface area (Å²) in [4.78, 5) is 15.0. The van der Waals surface area contributed by atoms with Crippen LogP contribution in [0.1, 0.15) is 42.2 Å². The van der Waals surface area contributed by atoms with E-state index in [2.05, 4.69) is 22.1 Å². The fraction of sp³-hybridized carbons (Fsp3) is 0.474. The van der Waals surface area contributed by atoms with Gasteiger partial charge in [-0.25, -0.2) is 8.42 Å². The molecule has 0 bridgehead atoms. The summed E-state index contributed by atoms with van der Waals surface area (Å²) < 4.78 is 30.0. The number of piperidine rings is 1. The molecule has 8 nitrogen and oxygen atoms in total. The van der Waals surface area contributed by atoms with Gasteiger partial charge in [0.2, 0.25) is 10.0 Å². The van der Waals surface area contributed by atoms with Gasteiger partial charge >= 0.3 is 0 Å². The Morgan fingerprint density at radius 3 is 2.68 bits per heavy atom. The Labute approximate surface area is 165 Å². The van der Waals surface area contributed by atoms with Crippen LogP contribution in [-0.4, -0.2) is 47.8 Å². The number of sulfonamides is 1. The molecule has 1 fully saturated rings. The molecule has 2 N–H and O–H groups in total. The van der Waals surface area contributed by atoms with Crippen molar-refractivity contribution in [2.24, 2.45) is 0 Å². The van der Waals surface area contributed by atoms with E-state index in [9.17, 15) is 13.2 Å². The average molecular weight is 404 g/mol. The highest BCUT2D eigenvalue weighted by molar-refractivity contribution is 7.89. The van der Waals surface area contributed by atoms with E-state index in [4.69, 9.17) is 0 Å². The monoisotopic (exact) mass is 403 g/mol. The van der Waals surface area contributed by atoms with Crippen molar-refractivity contribution in [2.75, 3.05) is 18.4 Å². The number of nitrogens with zero attached hydrogens (tertiary/aromatic N) is 3. The Kier molecular flexibility index (Phi) is 4.67. The van der Waals surface area contributed by atoms with Crippen LogP contribution in [0.4, 0.5) is 5.69 Å². The molecule has 0 saturated carbocycles. The van der Waals surface area contributed by atoms with Gasteiger partial charge < -0.3 is 10.2 Å². The first-order chi connectivity index (χ1) is 13.4. The molecule has 1 saturated heterocycles. The van der Waals surface area contributed by atoms with Gasteiger partial charge in [0.15, 0.2) is 0 Å². The van der Waals surface area contributed by atoms with Crippen LogP contribution >= 0.6 is 0 Å². The van der Waals surface area contributed by atoms with Gasteiger partial charge in [0, 0.05) is 38.2 Å². The molecule has 2 aliphatic heterocycles. The molecule has 0 atom stereocenters. The van der Waals surface area contributed by atoms with Gasteiger partial charge in [-0.15, -0.1) is 0 Å². The maximum atomic E-state index is 12.9. The Bertz CT molecular complexity index is 1010. The van der Waals surface area contributed by atoms with Crippen LogP contribution in [0.5, 0.6) is 0 Å². The van der Waals surface area contributed by atoms with Gasteiger partial charge in [-0.3, -0.25) is 9.48 Å². The third-order valence-corrected chi connectivity index (χ3v) is 7.15. The lowest BCUT2D eigenvalue weighted by atomic mass is 9.96. The van der Waals surface area contributed by atoms with Gasteiger partial charge in [-0.1, -0.05) is 19.1 Å². The van der Waals surface area contributed by atoms with E-state index in [1.807, 2.05) is 17.7 Å². The maximum absolute atomic E-state index is 12.9. The van der Waals surface area contributed by atoms with Crippen molar-refractivity contribution in [1.82, 2.24) is 19.4 Å². The number of likely N-dealkylation sites (tertiary alicyclic amines) is 1. The first kappa shape index (κ1) is 18.9. The second-order valence-corrected chi connectivity index (χ2v) is 9.12. The molecule has 9 heteroatoms. The van der Waals surface area contributed by atoms with Crippen LogP contribution < -0.4 is 10.0 Å². The van der Waals surface area contributed by atoms with Crippen LogP contribution in [0, 0.1) is 6.92 Å². The summed E-state index contributed by atoms with van der Waals surface area (Å²) in [5.41, 5.74) is 1.34. The highest BCUT2D eigenvalue weighted by Gasteiger charge is 2.43. The average Bonchev–Trinajstić information content (AvgIpc) is 3.02. The number of hydrogen-bond acceptors (Lipinski definition) is 5. The van der Waals surface area contributed by atoms with Crippen molar-refractivity contribution in [3.8, 4) is 0 Å². The van der Waals surface area contributed by atoms with Crippen LogP contribution in [0.15, 0.2) is 35.4 Å². The van der Waals surface area contributed by atoms with Crippen molar-refractivity contribution in [2.45, 2.75) is 50.2 Å². The van der Waals surface area contributed by atoms with E-state index in [1.54, 1.807) is 29.3 Å². The van der Waals surface area contributed by atoms with E-state index < -0.39 is 15.7 Å². The molecule has 3 heterocycles. The topological polar surface area (TPSA) is 96.3 Å². The summed E-state index contributed by atoms with van der Waals surface area (Å²) >= 11 is 0. The molecule has 0 radical (unpaired) electrons. The fourth-order valence-corrected chi connectivity index (χ4v) is 5.53. The molecular weight excluding hydrogens is 378 g/mol. The van der Waals surface area contributed by atoms with Crippen LogP contribution in [-0.2, 0) is 16.6 Å². The zero-order valence-electron chi connectivity index (χ0n) is 16.1. The smallest absolute Gasteiger partial charge is 0.257 e. The highest BCUT2D eigenvalue weighted by atomic mass is 32.2. The molecule has 1 aromatic heterocycles. The van der Waals surface area contributed by atoms with Crippen LogP contribution in [0.3, 0.4) is 0 Å². The zero-order valence-corrected chi connectivity index (χ0v) is 16.9. The zero-order chi connectivity index (χ0) is 19.9. The number of anilines is 1. The predicted molar refractivity (Wildman–Crippen MR) is 106 cm³/mol. The Morgan fingerprint density at radius 2 is 1.96 bits per heavy atom. The number of amides is 1. The van der Waals surface area contributed by atoms with Gasteiger partial charge in [-0.2, -0.15) is 9.82 Å². The van der Waals surface area contributed by atoms with Crippen molar-refractivity contribution >= 4 is 21.6 Å². The molecule has 1 aromatic carbocycles. The quantitative estimate of drug-likeness (QED) is 0.816. The molecule has 150 valence electrons. The number of nitrogens with one attached hydrogen (secondary N) is 2. The number of fused-ring (bicyclic) bond motifs is 1. The summed E-state index contributed by atoms with van der Waals surface area (Å²) in [6, 6.07) is 6.89. The largest absolute Gasteiger partial charge is 0.365 e. The number of carbonyl (C=O) groups excluding carboxylic acids is 1. The summed E-state index contributed by atoms with van der Waals surface area (Å²) in [5, 5.41) is 7.67. The molecule has 0 aliphatic carbocycles. The van der Waals surface area contributed by atoms with Gasteiger partial charge in [0.25, 0.3) is 5.91 Å². The Morgan fingerprint density at radius 1 is 1.25 bits per heavy atom. The SMILES string of the molecule is CCCn1ncc(C(=O)N2CCC3(CC2)Nc2ccccc2S(=O)(=O)N3)c1C. The lowest BCUT2D eigenvalue weighted by Gasteiger charge is -2.45. The summed E-state index contributed by atoms with van der Waals surface area (Å²) in [6.07, 6.45) is 3.58. The van der Waals surface area contributed by atoms with Crippen molar-refractivity contribution in [1.29, 1.82) is 0 Å². The van der Waals surface area contributed by atoms with E-state index in [-0.39, 0.29) is 10.8 Å². The van der Waals surface area contributed by atoms with E-state index >= 15 is 0 Å². The van der Waals surface area contributed by atoms with Crippen molar-refractivity contribution < 1.29 is 13.2 Å². The third-order valence-electron chi connectivity index (χ3n) is 5.55. The minimum Gasteiger partial charge on any atom is -0.365 e. The fourth-order valence-electron chi connectivity index (χ4n) is 3.98. The van der Waals surface area contributed by atoms with Gasteiger partial charge in [0.05, 0.1) is 17.4 Å². The molecule has 4 rings (SSSR count). The molecule has 2 aromatic rings. The van der Waals surface area contributed by atoms with Gasteiger partial charge in [0.1, 0.15) is 10.6 Å². The van der Waals surface area contributed by atoms with Crippen LogP contribution in [0.25, 0.3) is 0 Å². The Balaban J connectivity index is 1.50. The highest BCUT2D eigenvalue weighted by Crippen LogP contribution is 2.35. The minimum atomic E-state index is -3.58. The molecule has 1 spiro atoms. The second-order valence-electron chi connectivity index (χ2n) is 7.47. The number of aromatic nitrogens is 2. The number of benzene rings is 1. The summed E-state index contributed by atoms with van der Waals surface area (Å²) in [5.74, 6) is -0.0474. The minimum absolute atomic E-state index is 0.0474. The number of aryl methyl sites for hydroxylation is 1. The van der Waals surface area contributed by atoms with Crippen molar-refractivity contribution in [3.05, 3.63) is 41.7 Å². The third kappa shape index (κ3) is 3.18. The second kappa shape index (κ2) is 6.89. The number of rotatable bonds is 3. The molecule has 1 amide bonds. The molecule has 2 aliphatic rings. The maximum Gasteiger partial charge on any atom is 0.257 e. The standard InChI is InChI=1S/C19H25N5O3S/c1-3-10-24-14(2)15(13-20-24)18(25)23-11-8-19(9-12-23)21-16-6-4-5-7-17(16)28(26,27)22-19/h4-7,13,21-22H,3,8-12H2,1-2H3. The Hall–Kier alpha value is -2.39. The lowest BCUT2D eigenvalue weighted by molar-refractivity contribution is 0.0675. The molecular formula is C19H25N5O3S. The van der Waals surface area contributed by atoms with E-state index in [0.29, 0.717) is 37.2 Å². The number of para-hydroxylation sites is 1. The first-order valence-electron chi connectivity index (χ1n) is 9.58. The number of hydrogen-bond donors (Lipinski definition) is 2.